The molecule has 0 radical (unpaired) electrons. The summed E-state index contributed by atoms with van der Waals surface area (Å²) >= 11 is 4.53. The Morgan fingerprint density at radius 2 is 2.25 bits per heavy atom. The van der Waals surface area contributed by atoms with E-state index in [2.05, 4.69) is 31.0 Å². The van der Waals surface area contributed by atoms with Gasteiger partial charge in [-0.3, -0.25) is 0 Å². The molecule has 2 rings (SSSR count). The van der Waals surface area contributed by atoms with Crippen molar-refractivity contribution in [1.29, 1.82) is 0 Å². The molecule has 0 spiro atoms. The van der Waals surface area contributed by atoms with Crippen LogP contribution in [0.25, 0.3) is 0 Å². The largest absolute Gasteiger partial charge is 0.452 e. The van der Waals surface area contributed by atoms with Crippen molar-refractivity contribution in [3.63, 3.8) is 0 Å². The van der Waals surface area contributed by atoms with E-state index in [-0.39, 0.29) is 16.1 Å². The Morgan fingerprint density at radius 1 is 1.45 bits per heavy atom. The summed E-state index contributed by atoms with van der Waals surface area (Å²) in [6.07, 6.45) is 1.64. The van der Waals surface area contributed by atoms with Gasteiger partial charge in [-0.05, 0) is 22.5 Å². The van der Waals surface area contributed by atoms with Crippen LogP contribution in [0.2, 0.25) is 0 Å². The van der Waals surface area contributed by atoms with E-state index in [1.165, 1.54) is 17.4 Å². The second kappa shape index (κ2) is 6.81. The summed E-state index contributed by atoms with van der Waals surface area (Å²) < 4.78 is 32.4. The zero-order valence-corrected chi connectivity index (χ0v) is 13.9. The number of nitrogens with zero attached hydrogens (tertiary/aromatic N) is 1. The Bertz CT molecular complexity index is 653. The van der Waals surface area contributed by atoms with Gasteiger partial charge in [-0.1, -0.05) is 6.92 Å². The van der Waals surface area contributed by atoms with Crippen LogP contribution in [0.5, 0.6) is 0 Å². The maximum Gasteiger partial charge on any atom is 0.245 e. The molecule has 0 fully saturated rings. The van der Waals surface area contributed by atoms with Gasteiger partial charge < -0.3 is 9.73 Å². The highest BCUT2D eigenvalue weighted by atomic mass is 79.9. The third kappa shape index (κ3) is 3.89. The topological polar surface area (TPSA) is 84.2 Å². The quantitative estimate of drug-likeness (QED) is 0.769. The Hall–Kier alpha value is -0.740. The van der Waals surface area contributed by atoms with Crippen molar-refractivity contribution in [1.82, 2.24) is 15.0 Å². The SMILES string of the molecule is CCNCc1cc(S(=O)(=O)NCc2nccs2)c(Br)o1. The van der Waals surface area contributed by atoms with Crippen LogP contribution in [-0.2, 0) is 23.1 Å². The third-order valence-corrected chi connectivity index (χ3v) is 5.48. The zero-order chi connectivity index (χ0) is 14.6. The number of sulfonamides is 1. The third-order valence-electron chi connectivity index (χ3n) is 2.44. The van der Waals surface area contributed by atoms with Crippen molar-refractivity contribution in [2.75, 3.05) is 6.54 Å². The van der Waals surface area contributed by atoms with E-state index in [9.17, 15) is 8.42 Å². The van der Waals surface area contributed by atoms with Gasteiger partial charge in [0.25, 0.3) is 0 Å². The average molecular weight is 380 g/mol. The molecule has 0 aliphatic carbocycles. The molecule has 0 aromatic carbocycles. The Labute approximate surface area is 129 Å². The van der Waals surface area contributed by atoms with E-state index in [1.54, 1.807) is 11.6 Å². The summed E-state index contributed by atoms with van der Waals surface area (Å²) in [5.41, 5.74) is 0. The van der Waals surface area contributed by atoms with Crippen LogP contribution in [-0.4, -0.2) is 19.9 Å². The fourth-order valence-corrected chi connectivity index (χ4v) is 4.12. The standard InChI is InChI=1S/C11H14BrN3O3S2/c1-2-13-6-8-5-9(11(12)18-8)20(16,17)15-7-10-14-3-4-19-10/h3-5,13,15H,2,6-7H2,1H3. The molecule has 20 heavy (non-hydrogen) atoms. The first-order valence-corrected chi connectivity index (χ1v) is 9.05. The van der Waals surface area contributed by atoms with Gasteiger partial charge in [0.1, 0.15) is 15.7 Å². The zero-order valence-electron chi connectivity index (χ0n) is 10.7. The van der Waals surface area contributed by atoms with Crippen LogP contribution in [0.1, 0.15) is 17.7 Å². The maximum absolute atomic E-state index is 12.2. The molecular weight excluding hydrogens is 366 g/mol. The number of nitrogens with one attached hydrogen (secondary N) is 2. The van der Waals surface area contributed by atoms with Crippen LogP contribution in [0.4, 0.5) is 0 Å². The molecule has 2 aromatic heterocycles. The van der Waals surface area contributed by atoms with E-state index >= 15 is 0 Å². The van der Waals surface area contributed by atoms with Gasteiger partial charge in [0.15, 0.2) is 4.67 Å². The predicted octanol–water partition coefficient (Wildman–Crippen LogP) is 2.09. The van der Waals surface area contributed by atoms with Gasteiger partial charge in [0.2, 0.25) is 10.0 Å². The van der Waals surface area contributed by atoms with Gasteiger partial charge in [-0.2, -0.15) is 0 Å². The van der Waals surface area contributed by atoms with Gasteiger partial charge in [0.05, 0.1) is 13.1 Å². The number of thiazole rings is 1. The van der Waals surface area contributed by atoms with E-state index in [0.29, 0.717) is 17.3 Å². The number of aromatic nitrogens is 1. The molecule has 2 aromatic rings. The smallest absolute Gasteiger partial charge is 0.245 e. The molecule has 0 aliphatic rings. The Morgan fingerprint density at radius 3 is 2.90 bits per heavy atom. The molecule has 0 bridgehead atoms. The van der Waals surface area contributed by atoms with Crippen molar-refractivity contribution in [3.8, 4) is 0 Å². The van der Waals surface area contributed by atoms with Gasteiger partial charge in [-0.15, -0.1) is 11.3 Å². The lowest BCUT2D eigenvalue weighted by Crippen LogP contribution is -2.23. The molecule has 2 N–H and O–H groups in total. The summed E-state index contributed by atoms with van der Waals surface area (Å²) in [4.78, 5) is 4.13. The van der Waals surface area contributed by atoms with E-state index in [1.807, 2.05) is 6.92 Å². The molecule has 0 aliphatic heterocycles. The molecule has 0 atom stereocenters. The highest BCUT2D eigenvalue weighted by Gasteiger charge is 2.22. The molecule has 0 amide bonds. The number of halogens is 1. The summed E-state index contributed by atoms with van der Waals surface area (Å²) in [7, 11) is -3.62. The molecular formula is C11H14BrN3O3S2. The molecule has 9 heteroatoms. The highest BCUT2D eigenvalue weighted by molar-refractivity contribution is 9.10. The second-order valence-corrected chi connectivity index (χ2v) is 7.32. The lowest BCUT2D eigenvalue weighted by Gasteiger charge is -2.02. The van der Waals surface area contributed by atoms with Gasteiger partial charge in [0, 0.05) is 17.6 Å². The lowest BCUT2D eigenvalue weighted by atomic mass is 10.4. The molecule has 0 unspecified atom stereocenters. The minimum absolute atomic E-state index is 0.0990. The summed E-state index contributed by atoms with van der Waals surface area (Å²) in [6, 6.07) is 1.51. The number of rotatable bonds is 7. The number of hydrogen-bond donors (Lipinski definition) is 2. The molecule has 110 valence electrons. The van der Waals surface area contributed by atoms with E-state index in [4.69, 9.17) is 4.42 Å². The average Bonchev–Trinajstić information content (AvgIpc) is 3.03. The highest BCUT2D eigenvalue weighted by Crippen LogP contribution is 2.26. The summed E-state index contributed by atoms with van der Waals surface area (Å²) in [5, 5.41) is 5.58. The lowest BCUT2D eigenvalue weighted by molar-refractivity contribution is 0.464. The van der Waals surface area contributed by atoms with Crippen molar-refractivity contribution in [2.24, 2.45) is 0 Å². The molecule has 2 heterocycles. The van der Waals surface area contributed by atoms with E-state index < -0.39 is 10.0 Å². The van der Waals surface area contributed by atoms with Crippen molar-refractivity contribution < 1.29 is 12.8 Å². The molecule has 0 saturated heterocycles. The fourth-order valence-electron chi connectivity index (χ4n) is 1.49. The van der Waals surface area contributed by atoms with Crippen LogP contribution < -0.4 is 10.0 Å². The number of furan rings is 1. The number of hydrogen-bond acceptors (Lipinski definition) is 6. The van der Waals surface area contributed by atoms with Crippen LogP contribution >= 0.6 is 27.3 Å². The maximum atomic E-state index is 12.2. The first-order valence-electron chi connectivity index (χ1n) is 5.90. The van der Waals surface area contributed by atoms with Gasteiger partial charge >= 0.3 is 0 Å². The Kier molecular flexibility index (Phi) is 5.33. The normalized spacial score (nSPS) is 11.9. The van der Waals surface area contributed by atoms with Crippen molar-refractivity contribution in [3.05, 3.63) is 33.1 Å². The fraction of sp³-hybridized carbons (Fsp3) is 0.364. The first kappa shape index (κ1) is 15.6. The second-order valence-electron chi connectivity index (χ2n) is 3.88. The monoisotopic (exact) mass is 379 g/mol. The van der Waals surface area contributed by atoms with Crippen LogP contribution in [0.15, 0.2) is 31.6 Å². The molecule has 0 saturated carbocycles. The summed E-state index contributed by atoms with van der Waals surface area (Å²) in [6.45, 7) is 3.39. The van der Waals surface area contributed by atoms with Crippen LogP contribution in [0.3, 0.4) is 0 Å². The van der Waals surface area contributed by atoms with Crippen molar-refractivity contribution >= 4 is 37.3 Å². The molecule has 6 nitrogen and oxygen atoms in total. The minimum Gasteiger partial charge on any atom is -0.452 e. The first-order chi connectivity index (χ1) is 9.53. The minimum atomic E-state index is -3.62. The predicted molar refractivity (Wildman–Crippen MR) is 79.9 cm³/mol. The van der Waals surface area contributed by atoms with Crippen molar-refractivity contribution in [2.45, 2.75) is 24.9 Å². The Balaban J connectivity index is 2.10. The summed E-state index contributed by atoms with van der Waals surface area (Å²) in [5.74, 6) is 0.563. The van der Waals surface area contributed by atoms with E-state index in [0.717, 1.165) is 6.54 Å². The van der Waals surface area contributed by atoms with Crippen LogP contribution in [0, 0.1) is 0 Å². The van der Waals surface area contributed by atoms with Gasteiger partial charge in [-0.25, -0.2) is 18.1 Å².